The molecule has 1 amide bonds. The van der Waals surface area contributed by atoms with E-state index in [1.165, 1.54) is 19.3 Å². The second-order valence-corrected chi connectivity index (χ2v) is 8.51. The number of unbranched alkanes of at least 4 members (excludes halogenated alkanes) is 5. The number of carbonyl (C=O) groups is 2. The lowest BCUT2D eigenvalue weighted by atomic mass is 10.1. The van der Waals surface area contributed by atoms with E-state index in [-0.39, 0.29) is 5.91 Å². The molecule has 0 heterocycles. The van der Waals surface area contributed by atoms with Crippen LogP contribution >= 0.6 is 0 Å². The van der Waals surface area contributed by atoms with Crippen molar-refractivity contribution in [2.75, 3.05) is 52.4 Å². The van der Waals surface area contributed by atoms with E-state index >= 15 is 0 Å². The lowest BCUT2D eigenvalue weighted by molar-refractivity contribution is -0.134. The van der Waals surface area contributed by atoms with Gasteiger partial charge in [-0.25, -0.2) is 0 Å². The molecule has 0 aliphatic heterocycles. The van der Waals surface area contributed by atoms with Crippen LogP contribution in [-0.2, 0) is 9.59 Å². The number of allylic oxidation sites excluding steroid dienone is 6. The highest BCUT2D eigenvalue weighted by atomic mass is 16.4. The van der Waals surface area contributed by atoms with Gasteiger partial charge in [0.2, 0.25) is 5.91 Å². The van der Waals surface area contributed by atoms with Crippen LogP contribution in [0.1, 0.15) is 78.1 Å². The van der Waals surface area contributed by atoms with Gasteiger partial charge in [0.1, 0.15) is 0 Å². The Morgan fingerprint density at radius 1 is 0.694 bits per heavy atom. The average Bonchev–Trinajstić information content (AvgIpc) is 2.84. The van der Waals surface area contributed by atoms with Gasteiger partial charge < -0.3 is 32.1 Å². The Hall–Kier alpha value is -2.00. The van der Waals surface area contributed by atoms with E-state index in [1.54, 1.807) is 0 Å². The van der Waals surface area contributed by atoms with Gasteiger partial charge in [-0.1, -0.05) is 62.6 Å². The quantitative estimate of drug-likeness (QED) is 0.0868. The molecule has 0 aromatic rings. The van der Waals surface area contributed by atoms with E-state index in [9.17, 15) is 4.79 Å². The fourth-order valence-corrected chi connectivity index (χ4v) is 3.11. The highest BCUT2D eigenvalue weighted by Crippen LogP contribution is 2.08. The number of hydrogen-bond donors (Lipinski definition) is 6. The van der Waals surface area contributed by atoms with Gasteiger partial charge in [0.25, 0.3) is 5.97 Å². The number of carbonyl (C=O) groups excluding carboxylic acids is 1. The molecule has 8 heteroatoms. The summed E-state index contributed by atoms with van der Waals surface area (Å²) in [5.74, 6) is -0.655. The molecule has 210 valence electrons. The molecule has 0 fully saturated rings. The SMILES string of the molecule is CC(=O)O.CC/C=C/C/C=C/C/C=C/CCCCCCCC(=O)NCCNCCNCCNCCN. The second-order valence-electron chi connectivity index (χ2n) is 8.51. The molecule has 0 bridgehead atoms. The number of aliphatic carboxylic acids is 1. The standard InChI is InChI=1S/C26H51N5O.C2H4O2/c1-2-3-4-5-6-7-8-9-10-11-12-13-14-15-16-17-26(32)31-25-24-30-23-22-29-21-20-28-19-18-27;1-2(3)4/h3-4,6-7,9-10,28-30H,2,5,8,11-25,27H2,1H3,(H,31,32);1H3,(H,3,4)/b4-3+,7-6+,10-9+;. The van der Waals surface area contributed by atoms with Gasteiger partial charge in [-0.3, -0.25) is 9.59 Å². The number of hydrogen-bond acceptors (Lipinski definition) is 6. The summed E-state index contributed by atoms with van der Waals surface area (Å²) in [6.45, 7) is 10.1. The molecular formula is C28H55N5O3. The predicted octanol–water partition coefficient (Wildman–Crippen LogP) is 3.51. The molecule has 0 rings (SSSR count). The summed E-state index contributed by atoms with van der Waals surface area (Å²) in [7, 11) is 0. The number of carboxylic acid groups (broad SMARTS) is 1. The molecule has 7 N–H and O–H groups in total. The molecule has 0 spiro atoms. The van der Waals surface area contributed by atoms with Crippen molar-refractivity contribution in [3.63, 3.8) is 0 Å². The van der Waals surface area contributed by atoms with Crippen molar-refractivity contribution in [1.82, 2.24) is 21.3 Å². The van der Waals surface area contributed by atoms with E-state index in [0.717, 1.165) is 84.7 Å². The average molecular weight is 510 g/mol. The van der Waals surface area contributed by atoms with Crippen molar-refractivity contribution in [2.45, 2.75) is 78.1 Å². The third kappa shape index (κ3) is 39.2. The van der Waals surface area contributed by atoms with Gasteiger partial charge in [0.15, 0.2) is 0 Å². The highest BCUT2D eigenvalue weighted by molar-refractivity contribution is 5.75. The van der Waals surface area contributed by atoms with Gasteiger partial charge in [0.05, 0.1) is 0 Å². The van der Waals surface area contributed by atoms with Crippen LogP contribution in [0.5, 0.6) is 0 Å². The first-order chi connectivity index (χ1) is 17.5. The first kappa shape index (κ1) is 36.2. The van der Waals surface area contributed by atoms with E-state index in [1.807, 2.05) is 0 Å². The second kappa shape index (κ2) is 33.0. The summed E-state index contributed by atoms with van der Waals surface area (Å²) in [5.41, 5.74) is 5.41. The molecule has 0 aliphatic rings. The lowest BCUT2D eigenvalue weighted by Crippen LogP contribution is -2.36. The number of nitrogens with one attached hydrogen (secondary N) is 4. The van der Waals surface area contributed by atoms with Crippen LogP contribution in [0.4, 0.5) is 0 Å². The van der Waals surface area contributed by atoms with Gasteiger partial charge in [-0.2, -0.15) is 0 Å². The minimum Gasteiger partial charge on any atom is -0.481 e. The third-order valence-corrected chi connectivity index (χ3v) is 4.96. The number of rotatable bonds is 24. The summed E-state index contributed by atoms with van der Waals surface area (Å²) in [6, 6.07) is 0. The largest absolute Gasteiger partial charge is 0.481 e. The van der Waals surface area contributed by atoms with Gasteiger partial charge in [-0.15, -0.1) is 0 Å². The molecule has 0 unspecified atom stereocenters. The Morgan fingerprint density at radius 2 is 1.17 bits per heavy atom. The van der Waals surface area contributed by atoms with Gasteiger partial charge >= 0.3 is 0 Å². The predicted molar refractivity (Wildman–Crippen MR) is 153 cm³/mol. The maximum atomic E-state index is 11.9. The third-order valence-electron chi connectivity index (χ3n) is 4.96. The van der Waals surface area contributed by atoms with E-state index in [0.29, 0.717) is 19.5 Å². The fraction of sp³-hybridized carbons (Fsp3) is 0.714. The number of carboxylic acids is 1. The van der Waals surface area contributed by atoms with Crippen molar-refractivity contribution >= 4 is 11.9 Å². The summed E-state index contributed by atoms with van der Waals surface area (Å²) < 4.78 is 0. The summed E-state index contributed by atoms with van der Waals surface area (Å²) in [5, 5.41) is 20.3. The Labute approximate surface area is 220 Å². The molecule has 0 saturated carbocycles. The van der Waals surface area contributed by atoms with Gasteiger partial charge in [-0.05, 0) is 38.5 Å². The van der Waals surface area contributed by atoms with Crippen molar-refractivity contribution in [3.05, 3.63) is 36.5 Å². The zero-order valence-corrected chi connectivity index (χ0v) is 23.0. The van der Waals surface area contributed by atoms with E-state index in [2.05, 4.69) is 64.6 Å². The number of amides is 1. The Kier molecular flexibility index (Phi) is 33.1. The molecular weight excluding hydrogens is 454 g/mol. The zero-order chi connectivity index (χ0) is 27.0. The van der Waals surface area contributed by atoms with E-state index < -0.39 is 5.97 Å². The maximum absolute atomic E-state index is 11.9. The minimum atomic E-state index is -0.833. The summed E-state index contributed by atoms with van der Waals surface area (Å²) in [6.07, 6.45) is 24.3. The Bertz CT molecular complexity index is 561. The van der Waals surface area contributed by atoms with Gasteiger partial charge in [0, 0.05) is 65.7 Å². The lowest BCUT2D eigenvalue weighted by Gasteiger charge is -2.08. The molecule has 0 aliphatic carbocycles. The Balaban J connectivity index is 0. The van der Waals surface area contributed by atoms with E-state index in [4.69, 9.17) is 15.6 Å². The Morgan fingerprint density at radius 3 is 1.75 bits per heavy atom. The first-order valence-corrected chi connectivity index (χ1v) is 13.8. The minimum absolute atomic E-state index is 0.178. The molecule has 36 heavy (non-hydrogen) atoms. The molecule has 0 aromatic heterocycles. The highest BCUT2D eigenvalue weighted by Gasteiger charge is 2.00. The van der Waals surface area contributed by atoms with Crippen molar-refractivity contribution in [1.29, 1.82) is 0 Å². The van der Waals surface area contributed by atoms with Crippen LogP contribution in [0, 0.1) is 0 Å². The monoisotopic (exact) mass is 509 g/mol. The molecule has 0 saturated heterocycles. The van der Waals surface area contributed by atoms with Crippen LogP contribution in [0.2, 0.25) is 0 Å². The van der Waals surface area contributed by atoms with Crippen molar-refractivity contribution in [3.8, 4) is 0 Å². The van der Waals surface area contributed by atoms with Crippen LogP contribution in [0.3, 0.4) is 0 Å². The molecule has 0 radical (unpaired) electrons. The zero-order valence-electron chi connectivity index (χ0n) is 23.0. The normalized spacial score (nSPS) is 11.3. The molecule has 8 nitrogen and oxygen atoms in total. The van der Waals surface area contributed by atoms with Crippen molar-refractivity contribution < 1.29 is 14.7 Å². The van der Waals surface area contributed by atoms with Crippen molar-refractivity contribution in [2.24, 2.45) is 5.73 Å². The first-order valence-electron chi connectivity index (χ1n) is 13.8. The maximum Gasteiger partial charge on any atom is 0.300 e. The smallest absolute Gasteiger partial charge is 0.300 e. The van der Waals surface area contributed by atoms with Crippen LogP contribution in [0.25, 0.3) is 0 Å². The summed E-state index contributed by atoms with van der Waals surface area (Å²) in [4.78, 5) is 20.9. The van der Waals surface area contributed by atoms with Crippen LogP contribution < -0.4 is 27.0 Å². The van der Waals surface area contributed by atoms with Crippen LogP contribution in [-0.4, -0.2) is 69.3 Å². The molecule has 0 atom stereocenters. The number of nitrogens with two attached hydrogens (primary N) is 1. The topological polar surface area (TPSA) is 129 Å². The van der Waals surface area contributed by atoms with Crippen LogP contribution in [0.15, 0.2) is 36.5 Å². The molecule has 0 aromatic carbocycles. The summed E-state index contributed by atoms with van der Waals surface area (Å²) >= 11 is 0. The fourth-order valence-electron chi connectivity index (χ4n) is 3.11.